The van der Waals surface area contributed by atoms with Crippen LogP contribution in [0.4, 0.5) is 17.3 Å². The van der Waals surface area contributed by atoms with Gasteiger partial charge >= 0.3 is 0 Å². The number of hydrogen-bond donors (Lipinski definition) is 2. The van der Waals surface area contributed by atoms with Gasteiger partial charge in [-0.1, -0.05) is 23.2 Å². The number of fused-ring (bicyclic) bond motifs is 1. The van der Waals surface area contributed by atoms with Crippen molar-refractivity contribution in [1.29, 1.82) is 0 Å². The van der Waals surface area contributed by atoms with E-state index in [0.717, 1.165) is 53.8 Å². The Morgan fingerprint density at radius 3 is 2.04 bits per heavy atom. The van der Waals surface area contributed by atoms with Crippen LogP contribution in [0.2, 0.25) is 10.0 Å². The number of hydrogen-bond acceptors (Lipinski definition) is 9. The van der Waals surface area contributed by atoms with Gasteiger partial charge in [-0.3, -0.25) is 14.6 Å². The minimum Gasteiger partial charge on any atom is -0.412 e. The molecular formula is C30H35Cl2N13O. The highest BCUT2D eigenvalue weighted by molar-refractivity contribution is 6.30. The summed E-state index contributed by atoms with van der Waals surface area (Å²) in [6, 6.07) is 7.91. The van der Waals surface area contributed by atoms with Gasteiger partial charge in [0.2, 0.25) is 0 Å². The van der Waals surface area contributed by atoms with Gasteiger partial charge in [0, 0.05) is 60.8 Å². The first-order valence-electron chi connectivity index (χ1n) is 14.2. The number of aromatic nitrogens is 8. The van der Waals surface area contributed by atoms with E-state index >= 15 is 0 Å². The van der Waals surface area contributed by atoms with Crippen LogP contribution >= 0.6 is 23.2 Å². The van der Waals surface area contributed by atoms with Crippen LogP contribution in [0, 0.1) is 6.57 Å². The number of rotatable bonds is 8. The van der Waals surface area contributed by atoms with Crippen molar-refractivity contribution in [2.75, 3.05) is 19.8 Å². The van der Waals surface area contributed by atoms with Crippen LogP contribution in [0.25, 0.3) is 15.9 Å². The maximum absolute atomic E-state index is 7.53. The Balaban J connectivity index is 0.000000201. The number of pyridine rings is 2. The second-order valence-electron chi connectivity index (χ2n) is 11.0. The van der Waals surface area contributed by atoms with Gasteiger partial charge in [0.25, 0.3) is 5.69 Å². The number of aliphatic imine (C=N–C) groups is 1. The molecule has 0 saturated heterocycles. The van der Waals surface area contributed by atoms with Crippen LogP contribution in [0.1, 0.15) is 60.5 Å². The average Bonchev–Trinajstić information content (AvgIpc) is 3.93. The molecule has 16 heteroatoms. The molecule has 5 aromatic rings. The molecule has 0 aromatic carbocycles. The van der Waals surface area contributed by atoms with Gasteiger partial charge < -0.3 is 22.3 Å². The second-order valence-corrected chi connectivity index (χ2v) is 11.9. The third-order valence-corrected chi connectivity index (χ3v) is 7.55. The molecular weight excluding hydrogens is 629 g/mol. The SMILES string of the molecule is N.Nc1ncnc2c1c(Cc1cc(Cl)ccn1)nn2C1CC1.O.[C-]#[N+]c1c(Cc2cc(Cl)ccn2)nn(C2CC2)c1N=CN(C)C. The highest BCUT2D eigenvalue weighted by Crippen LogP contribution is 2.43. The topological polar surface area (TPSA) is 200 Å². The van der Waals surface area contributed by atoms with E-state index in [-0.39, 0.29) is 11.6 Å². The van der Waals surface area contributed by atoms with Gasteiger partial charge in [0.05, 0.1) is 41.8 Å². The molecule has 0 spiro atoms. The van der Waals surface area contributed by atoms with Crippen LogP contribution in [-0.4, -0.2) is 70.3 Å². The minimum atomic E-state index is 0. The van der Waals surface area contributed by atoms with E-state index in [9.17, 15) is 0 Å². The first-order valence-corrected chi connectivity index (χ1v) is 14.9. The molecule has 2 aliphatic rings. The van der Waals surface area contributed by atoms with Crippen molar-refractivity contribution in [2.45, 2.75) is 50.6 Å². The Kier molecular flexibility index (Phi) is 10.9. The number of halogens is 2. The Morgan fingerprint density at radius 2 is 1.50 bits per heavy atom. The van der Waals surface area contributed by atoms with Crippen molar-refractivity contribution >= 4 is 57.9 Å². The van der Waals surface area contributed by atoms with Gasteiger partial charge in [-0.25, -0.2) is 24.5 Å². The minimum absolute atomic E-state index is 0. The second kappa shape index (κ2) is 14.6. The fourth-order valence-corrected chi connectivity index (χ4v) is 5.12. The molecule has 0 atom stereocenters. The molecule has 2 fully saturated rings. The summed E-state index contributed by atoms with van der Waals surface area (Å²) in [7, 11) is 3.80. The summed E-state index contributed by atoms with van der Waals surface area (Å²) in [4.78, 5) is 27.0. The van der Waals surface area contributed by atoms with Crippen LogP contribution in [0.5, 0.6) is 0 Å². The van der Waals surface area contributed by atoms with Gasteiger partial charge in [-0.2, -0.15) is 10.2 Å². The maximum Gasteiger partial charge on any atom is 0.253 e. The lowest BCUT2D eigenvalue weighted by Crippen LogP contribution is -2.07. The monoisotopic (exact) mass is 663 g/mol. The lowest BCUT2D eigenvalue weighted by atomic mass is 10.1. The summed E-state index contributed by atoms with van der Waals surface area (Å²) >= 11 is 12.0. The maximum atomic E-state index is 7.53. The molecule has 2 aliphatic carbocycles. The van der Waals surface area contributed by atoms with E-state index < -0.39 is 0 Å². The lowest BCUT2D eigenvalue weighted by Gasteiger charge is -2.04. The molecule has 0 unspecified atom stereocenters. The molecule has 240 valence electrons. The summed E-state index contributed by atoms with van der Waals surface area (Å²) < 4.78 is 3.85. The fraction of sp³-hybridized carbons (Fsp3) is 0.333. The zero-order valence-electron chi connectivity index (χ0n) is 25.5. The van der Waals surface area contributed by atoms with Crippen molar-refractivity contribution in [1.82, 2.24) is 50.5 Å². The first-order chi connectivity index (χ1) is 21.3. The fourth-order valence-electron chi connectivity index (χ4n) is 4.76. The summed E-state index contributed by atoms with van der Waals surface area (Å²) in [5.41, 5.74) is 10.5. The average molecular weight is 665 g/mol. The van der Waals surface area contributed by atoms with Crippen molar-refractivity contribution in [2.24, 2.45) is 4.99 Å². The Bertz CT molecular complexity index is 1890. The third-order valence-electron chi connectivity index (χ3n) is 7.08. The van der Waals surface area contributed by atoms with E-state index in [2.05, 4.69) is 40.0 Å². The largest absolute Gasteiger partial charge is 0.412 e. The lowest BCUT2D eigenvalue weighted by molar-refractivity contribution is 0.625. The molecule has 0 radical (unpaired) electrons. The quantitative estimate of drug-likeness (QED) is 0.125. The van der Waals surface area contributed by atoms with Gasteiger partial charge in [-0.05, 0) is 49.9 Å². The normalized spacial score (nSPS) is 13.8. The van der Waals surface area contributed by atoms with Gasteiger partial charge in [-0.15, -0.1) is 0 Å². The summed E-state index contributed by atoms with van der Waals surface area (Å²) in [5.74, 6) is 1.09. The van der Waals surface area contributed by atoms with E-state index in [4.69, 9.17) is 35.5 Å². The van der Waals surface area contributed by atoms with E-state index in [1.807, 2.05) is 34.4 Å². The molecule has 7 rings (SSSR count). The number of anilines is 1. The predicted octanol–water partition coefficient (Wildman–Crippen LogP) is 5.35. The molecule has 7 N–H and O–H groups in total. The Hall–Kier alpha value is -4.68. The molecule has 2 saturated carbocycles. The summed E-state index contributed by atoms with van der Waals surface area (Å²) in [6.45, 7) is 7.53. The zero-order valence-corrected chi connectivity index (χ0v) is 27.0. The molecule has 0 bridgehead atoms. The number of nitrogen functional groups attached to an aromatic ring is 1. The van der Waals surface area contributed by atoms with E-state index in [0.29, 0.717) is 58.0 Å². The molecule has 14 nitrogen and oxygen atoms in total. The van der Waals surface area contributed by atoms with Crippen LogP contribution in [0.15, 0.2) is 48.0 Å². The Labute approximate surface area is 276 Å². The predicted molar refractivity (Wildman–Crippen MR) is 179 cm³/mol. The molecule has 0 amide bonds. The molecule has 46 heavy (non-hydrogen) atoms. The summed E-state index contributed by atoms with van der Waals surface area (Å²) in [5, 5.41) is 11.4. The highest BCUT2D eigenvalue weighted by Gasteiger charge is 2.31. The Morgan fingerprint density at radius 1 is 0.935 bits per heavy atom. The number of nitrogens with zero attached hydrogens (tertiary/aromatic N) is 11. The van der Waals surface area contributed by atoms with Crippen LogP contribution in [0.3, 0.4) is 0 Å². The van der Waals surface area contributed by atoms with Crippen molar-refractivity contribution in [3.63, 3.8) is 0 Å². The smallest absolute Gasteiger partial charge is 0.253 e. The standard InChI is InChI=1S/C16H17ClN6.C14H13ClN6.H3N.H2O/c1-18-15-14(9-12-8-11(17)6-7-19-12)21-23(13-4-5-13)16(15)20-10-22(2)3;15-8-3-4-17-9(5-8)6-11-12-13(16)18-7-19-14(12)21(20-11)10-1-2-10;;/h6-8,10,13H,4-5,9H2,2-3H3;3-5,7,10H,1-2,6H2,(H2,16,18,19);1H3;1H2. The molecule has 5 heterocycles. The highest BCUT2D eigenvalue weighted by atomic mass is 35.5. The van der Waals surface area contributed by atoms with Gasteiger partial charge in [0.15, 0.2) is 11.5 Å². The first kappa shape index (κ1) is 34.2. The van der Waals surface area contributed by atoms with Crippen molar-refractivity contribution < 1.29 is 5.48 Å². The van der Waals surface area contributed by atoms with E-state index in [1.54, 1.807) is 36.9 Å². The van der Waals surface area contributed by atoms with Crippen molar-refractivity contribution in [3.05, 3.63) is 87.2 Å². The van der Waals surface area contributed by atoms with Crippen molar-refractivity contribution in [3.8, 4) is 0 Å². The molecule has 0 aliphatic heterocycles. The number of nitrogens with two attached hydrogens (primary N) is 1. The summed E-state index contributed by atoms with van der Waals surface area (Å²) in [6.07, 6.45) is 12.0. The third kappa shape index (κ3) is 7.75. The van der Waals surface area contributed by atoms with Gasteiger partial charge in [0.1, 0.15) is 12.1 Å². The van der Waals surface area contributed by atoms with Crippen LogP contribution in [-0.2, 0) is 12.8 Å². The van der Waals surface area contributed by atoms with Crippen LogP contribution < -0.4 is 11.9 Å². The zero-order chi connectivity index (χ0) is 30.8. The van der Waals surface area contributed by atoms with E-state index in [1.165, 1.54) is 6.33 Å². The molecule has 5 aromatic heterocycles.